The van der Waals surface area contributed by atoms with Gasteiger partial charge in [-0.1, -0.05) is 11.8 Å². The molecule has 43 heavy (non-hydrogen) atoms. The molecule has 4 spiro atoms. The van der Waals surface area contributed by atoms with Crippen LogP contribution in [0.3, 0.4) is 0 Å². The molecule has 7 rings (SSSR count). The molecule has 3 heterocycles. The first-order valence-corrected chi connectivity index (χ1v) is 17.8. The van der Waals surface area contributed by atoms with Gasteiger partial charge in [0.05, 0.1) is 26.4 Å². The van der Waals surface area contributed by atoms with E-state index < -0.39 is 0 Å². The summed E-state index contributed by atoms with van der Waals surface area (Å²) in [5.74, 6) is -0.752. The maximum Gasteiger partial charge on any atom is 0.168 e. The summed E-state index contributed by atoms with van der Waals surface area (Å²) in [4.78, 5) is -0.181. The maximum atomic E-state index is 6.09. The van der Waals surface area contributed by atoms with Gasteiger partial charge in [0.25, 0.3) is 0 Å². The summed E-state index contributed by atoms with van der Waals surface area (Å²) in [6.07, 6.45) is 19.4. The molecule has 4 saturated carbocycles. The number of rotatable bonds is 2. The van der Waals surface area contributed by atoms with Crippen molar-refractivity contribution in [2.24, 2.45) is 30.6 Å². The third-order valence-corrected chi connectivity index (χ3v) is 12.1. The van der Waals surface area contributed by atoms with Crippen LogP contribution in [-0.4, -0.2) is 70.6 Å². The average Bonchev–Trinajstić information content (AvgIpc) is 3.20. The molecule has 0 radical (unpaired) electrons. The van der Waals surface area contributed by atoms with Gasteiger partial charge in [0, 0.05) is 48.5 Å². The molecular formula is C32H48N6O4S. The van der Waals surface area contributed by atoms with E-state index in [1.165, 1.54) is 22.8 Å². The minimum atomic E-state index is -0.376. The van der Waals surface area contributed by atoms with Crippen molar-refractivity contribution in [3.63, 3.8) is 0 Å². The summed E-state index contributed by atoms with van der Waals surface area (Å²) in [5, 5.41) is 28.6. The molecule has 0 atom stereocenters. The van der Waals surface area contributed by atoms with Crippen LogP contribution in [0.15, 0.2) is 30.6 Å². The quantitative estimate of drug-likeness (QED) is 0.300. The number of ether oxygens (including phenoxy) is 4. The van der Waals surface area contributed by atoms with E-state index in [1.54, 1.807) is 0 Å². The number of azo groups is 1. The minimum Gasteiger partial charge on any atom is -0.350 e. The van der Waals surface area contributed by atoms with Gasteiger partial charge in [-0.25, -0.2) is 0 Å². The van der Waals surface area contributed by atoms with Gasteiger partial charge in [0.2, 0.25) is 0 Å². The second-order valence-electron chi connectivity index (χ2n) is 13.5. The molecule has 6 fully saturated rings. The van der Waals surface area contributed by atoms with Gasteiger partial charge >= 0.3 is 0 Å². The Balaban J connectivity index is 0.859. The summed E-state index contributed by atoms with van der Waals surface area (Å²) in [6.45, 7) is 3.24. The lowest BCUT2D eigenvalue weighted by Crippen LogP contribution is -2.39. The molecular weight excluding hydrogens is 564 g/mol. The fourth-order valence-electron chi connectivity index (χ4n) is 7.46. The zero-order valence-corrected chi connectivity index (χ0v) is 26.5. The molecule has 0 aromatic carbocycles. The first-order chi connectivity index (χ1) is 21.1. The highest BCUT2D eigenvalue weighted by Gasteiger charge is 2.50. The molecule has 0 unspecified atom stereocenters. The molecule has 7 aliphatic rings. The summed E-state index contributed by atoms with van der Waals surface area (Å²) in [5.41, 5.74) is 4.78. The highest BCUT2D eigenvalue weighted by molar-refractivity contribution is 8.02. The van der Waals surface area contributed by atoms with E-state index in [9.17, 15) is 0 Å². The number of hydrogen-bond donors (Lipinski definition) is 0. The van der Waals surface area contributed by atoms with Crippen LogP contribution in [-0.2, 0) is 18.9 Å². The van der Waals surface area contributed by atoms with E-state index in [1.807, 2.05) is 11.8 Å². The summed E-state index contributed by atoms with van der Waals surface area (Å²) < 4.78 is 24.3. The number of thioether (sulfide) groups is 1. The molecule has 0 N–H and O–H groups in total. The summed E-state index contributed by atoms with van der Waals surface area (Å²) in [6, 6.07) is 0. The Labute approximate surface area is 260 Å². The van der Waals surface area contributed by atoms with Gasteiger partial charge in [-0.15, -0.1) is 0 Å². The molecule has 10 nitrogen and oxygen atoms in total. The molecule has 0 aromatic heterocycles. The molecule has 0 amide bonds. The van der Waals surface area contributed by atoms with Crippen LogP contribution in [0.1, 0.15) is 128 Å². The van der Waals surface area contributed by atoms with Crippen LogP contribution >= 0.6 is 11.8 Å². The van der Waals surface area contributed by atoms with Crippen molar-refractivity contribution < 1.29 is 18.9 Å². The lowest BCUT2D eigenvalue weighted by Gasteiger charge is -2.36. The average molecular weight is 613 g/mol. The first-order valence-electron chi connectivity index (χ1n) is 17.0. The third-order valence-electron chi connectivity index (χ3n) is 10.4. The summed E-state index contributed by atoms with van der Waals surface area (Å²) >= 11 is 2.01. The van der Waals surface area contributed by atoms with Crippen LogP contribution in [0, 0.1) is 0 Å². The van der Waals surface area contributed by atoms with Gasteiger partial charge in [-0.05, 0) is 103 Å². The standard InChI is InChI=1S/C32H48N6O4S/c1-2-22-40-31(39-21-1)17-9-27(10-18-31)35-33-25-5-13-29(14-6-25)37-38-30(43-29)15-7-26(8-16-30)34-36-28-11-19-32(20-12-28)41-23-3-4-24-42-32/h1-24H2. The predicted octanol–water partition coefficient (Wildman–Crippen LogP) is 7.51. The Kier molecular flexibility index (Phi) is 9.16. The maximum absolute atomic E-state index is 6.09. The first kappa shape index (κ1) is 30.1. The van der Waals surface area contributed by atoms with E-state index in [0.717, 1.165) is 155 Å². The van der Waals surface area contributed by atoms with E-state index in [2.05, 4.69) is 10.2 Å². The van der Waals surface area contributed by atoms with Crippen LogP contribution in [0.25, 0.3) is 0 Å². The van der Waals surface area contributed by atoms with E-state index in [4.69, 9.17) is 39.4 Å². The van der Waals surface area contributed by atoms with Crippen molar-refractivity contribution in [2.45, 2.75) is 150 Å². The van der Waals surface area contributed by atoms with Crippen molar-refractivity contribution in [3.05, 3.63) is 0 Å². The van der Waals surface area contributed by atoms with Crippen molar-refractivity contribution in [3.8, 4) is 0 Å². The van der Waals surface area contributed by atoms with Crippen LogP contribution in [0.4, 0.5) is 0 Å². The van der Waals surface area contributed by atoms with E-state index in [-0.39, 0.29) is 21.3 Å². The molecule has 0 bridgehead atoms. The van der Waals surface area contributed by atoms with Crippen molar-refractivity contribution in [1.82, 2.24) is 0 Å². The fraction of sp³-hybridized carbons (Fsp3) is 0.875. The number of hydrogen-bond acceptors (Lipinski definition) is 11. The normalized spacial score (nSPS) is 34.4. The molecule has 11 heteroatoms. The Morgan fingerprint density at radius 2 is 0.698 bits per heavy atom. The van der Waals surface area contributed by atoms with Gasteiger partial charge in [0.15, 0.2) is 11.6 Å². The van der Waals surface area contributed by atoms with Gasteiger partial charge in [-0.2, -0.15) is 30.6 Å². The monoisotopic (exact) mass is 612 g/mol. The van der Waals surface area contributed by atoms with Gasteiger partial charge < -0.3 is 18.9 Å². The Morgan fingerprint density at radius 1 is 0.419 bits per heavy atom. The lowest BCUT2D eigenvalue weighted by molar-refractivity contribution is -0.234. The lowest BCUT2D eigenvalue weighted by atomic mass is 9.92. The minimum absolute atomic E-state index is 0.0907. The highest BCUT2D eigenvalue weighted by Crippen LogP contribution is 2.57. The van der Waals surface area contributed by atoms with E-state index >= 15 is 0 Å². The van der Waals surface area contributed by atoms with Gasteiger partial charge in [0.1, 0.15) is 9.74 Å². The van der Waals surface area contributed by atoms with Crippen LogP contribution in [0.5, 0.6) is 0 Å². The molecule has 2 saturated heterocycles. The Bertz CT molecular complexity index is 1030. The van der Waals surface area contributed by atoms with Crippen molar-refractivity contribution >= 4 is 34.6 Å². The topological polar surface area (TPSA) is 111 Å². The molecule has 236 valence electrons. The number of nitrogens with zero attached hydrogens (tertiary/aromatic N) is 6. The zero-order valence-electron chi connectivity index (χ0n) is 25.7. The van der Waals surface area contributed by atoms with Crippen LogP contribution < -0.4 is 0 Å². The second kappa shape index (κ2) is 13.1. The SMILES string of the molecule is C1CCOC2(CCC(=NN=C3CCC4(CC3)N=NC3(CCC(=NN=C5CCC6(CC5)OCCCCO6)CC3)S4)CC2)OC1. The largest absolute Gasteiger partial charge is 0.350 e. The third kappa shape index (κ3) is 7.16. The molecule has 3 aliphatic heterocycles. The second-order valence-corrected chi connectivity index (χ2v) is 15.2. The van der Waals surface area contributed by atoms with Crippen LogP contribution in [0.2, 0.25) is 0 Å². The Morgan fingerprint density at radius 3 is 1.00 bits per heavy atom. The van der Waals surface area contributed by atoms with E-state index in [0.29, 0.717) is 0 Å². The molecule has 4 aliphatic carbocycles. The predicted molar refractivity (Wildman–Crippen MR) is 169 cm³/mol. The highest BCUT2D eigenvalue weighted by atomic mass is 32.2. The Hall–Kier alpha value is -1.53. The van der Waals surface area contributed by atoms with Crippen molar-refractivity contribution in [2.75, 3.05) is 26.4 Å². The van der Waals surface area contributed by atoms with Gasteiger partial charge in [-0.3, -0.25) is 0 Å². The van der Waals surface area contributed by atoms with Crippen molar-refractivity contribution in [1.29, 1.82) is 0 Å². The molecule has 0 aromatic rings. The summed E-state index contributed by atoms with van der Waals surface area (Å²) in [7, 11) is 0. The zero-order chi connectivity index (χ0) is 29.1. The smallest absolute Gasteiger partial charge is 0.168 e. The fourth-order valence-corrected chi connectivity index (χ4v) is 9.15.